The molecule has 3 fully saturated rings. The Morgan fingerprint density at radius 3 is 2.63 bits per heavy atom. The molecule has 182 valence electrons. The van der Waals surface area contributed by atoms with Gasteiger partial charge in [-0.2, -0.15) is 0 Å². The molecule has 4 aliphatic rings. The average Bonchev–Trinajstić information content (AvgIpc) is 3.05. The summed E-state index contributed by atoms with van der Waals surface area (Å²) >= 11 is 6.36. The van der Waals surface area contributed by atoms with Crippen LogP contribution in [0.1, 0.15) is 41.7 Å². The molecular weight excluding hydrogens is 486 g/mol. The molecule has 0 bridgehead atoms. The average molecular weight is 512 g/mol. The number of benzene rings is 1. The number of anilines is 1. The van der Waals surface area contributed by atoms with Crippen molar-refractivity contribution in [1.82, 2.24) is 29.6 Å². The van der Waals surface area contributed by atoms with Gasteiger partial charge in [-0.05, 0) is 49.6 Å². The van der Waals surface area contributed by atoms with E-state index in [9.17, 15) is 8.42 Å². The van der Waals surface area contributed by atoms with Crippen molar-refractivity contribution in [2.24, 2.45) is 5.41 Å². The molecule has 3 aliphatic heterocycles. The topological polar surface area (TPSA) is 97.1 Å². The van der Waals surface area contributed by atoms with Crippen molar-refractivity contribution in [3.63, 3.8) is 0 Å². The van der Waals surface area contributed by atoms with Gasteiger partial charge in [-0.3, -0.25) is 9.47 Å². The van der Waals surface area contributed by atoms with Gasteiger partial charge in [0.15, 0.2) is 15.7 Å². The maximum absolute atomic E-state index is 11.8. The minimum atomic E-state index is -2.92. The summed E-state index contributed by atoms with van der Waals surface area (Å²) < 4.78 is 25.9. The van der Waals surface area contributed by atoms with E-state index in [1.807, 2.05) is 37.4 Å². The fraction of sp³-hybridized carbons (Fsp3) is 0.500. The van der Waals surface area contributed by atoms with Gasteiger partial charge in [-0.25, -0.2) is 18.4 Å². The molecule has 35 heavy (non-hydrogen) atoms. The Bertz CT molecular complexity index is 1430. The molecule has 9 nitrogen and oxygen atoms in total. The quantitative estimate of drug-likeness (QED) is 0.529. The zero-order valence-electron chi connectivity index (χ0n) is 19.4. The number of sulfone groups is 1. The van der Waals surface area contributed by atoms with E-state index >= 15 is 0 Å². The highest BCUT2D eigenvalue weighted by Crippen LogP contribution is 2.56. The maximum Gasteiger partial charge on any atom is 0.225 e. The summed E-state index contributed by atoms with van der Waals surface area (Å²) in [5.74, 6) is 3.44. The highest BCUT2D eigenvalue weighted by atomic mass is 35.5. The third-order valence-corrected chi connectivity index (χ3v) is 10.0. The molecule has 0 unspecified atom stereocenters. The van der Waals surface area contributed by atoms with E-state index in [1.54, 1.807) is 0 Å². The molecule has 0 radical (unpaired) electrons. The lowest BCUT2D eigenvalue weighted by Gasteiger charge is -2.58. The second kappa shape index (κ2) is 7.47. The van der Waals surface area contributed by atoms with Crippen molar-refractivity contribution < 1.29 is 8.42 Å². The molecule has 1 aromatic carbocycles. The summed E-state index contributed by atoms with van der Waals surface area (Å²) in [5, 5.41) is 9.93. The fourth-order valence-electron chi connectivity index (χ4n) is 6.24. The summed E-state index contributed by atoms with van der Waals surface area (Å²) in [6.45, 7) is 5.18. The first kappa shape index (κ1) is 21.7. The molecule has 0 N–H and O–H groups in total. The van der Waals surface area contributed by atoms with Crippen LogP contribution in [0.15, 0.2) is 30.5 Å². The lowest BCUT2D eigenvalue weighted by molar-refractivity contribution is 0.0574. The number of aryl methyl sites for hydroxylation is 1. The van der Waals surface area contributed by atoms with E-state index < -0.39 is 9.84 Å². The number of fused-ring (bicyclic) bond motifs is 3. The van der Waals surface area contributed by atoms with Crippen LogP contribution in [-0.4, -0.2) is 68.7 Å². The SMILES string of the molecule is Cc1ccnc(N2CC3(CC(c4nnc5n4-c4ccc(Cl)cc4CN(C4CS(=O)(=O)C4)C5)C3)C2)n1. The number of aromatic nitrogens is 5. The predicted molar refractivity (Wildman–Crippen MR) is 131 cm³/mol. The summed E-state index contributed by atoms with van der Waals surface area (Å²) in [6, 6.07) is 7.87. The Morgan fingerprint density at radius 1 is 1.09 bits per heavy atom. The van der Waals surface area contributed by atoms with Crippen LogP contribution in [0.2, 0.25) is 5.02 Å². The van der Waals surface area contributed by atoms with Crippen LogP contribution < -0.4 is 4.90 Å². The Morgan fingerprint density at radius 2 is 1.89 bits per heavy atom. The van der Waals surface area contributed by atoms with Crippen LogP contribution in [0.4, 0.5) is 5.95 Å². The molecule has 3 aromatic rings. The zero-order chi connectivity index (χ0) is 23.9. The Kier molecular flexibility index (Phi) is 4.63. The monoisotopic (exact) mass is 511 g/mol. The van der Waals surface area contributed by atoms with E-state index in [-0.39, 0.29) is 17.5 Å². The van der Waals surface area contributed by atoms with Crippen molar-refractivity contribution in [2.75, 3.05) is 29.5 Å². The van der Waals surface area contributed by atoms with Crippen LogP contribution in [0.3, 0.4) is 0 Å². The van der Waals surface area contributed by atoms with Crippen molar-refractivity contribution >= 4 is 27.4 Å². The van der Waals surface area contributed by atoms with E-state index in [0.29, 0.717) is 29.4 Å². The zero-order valence-corrected chi connectivity index (χ0v) is 21.0. The third kappa shape index (κ3) is 3.56. The number of hydrogen-bond acceptors (Lipinski definition) is 8. The fourth-order valence-corrected chi connectivity index (χ4v) is 7.93. The molecule has 1 aliphatic carbocycles. The van der Waals surface area contributed by atoms with Gasteiger partial charge in [-0.1, -0.05) is 11.6 Å². The Balaban J connectivity index is 1.14. The number of halogens is 1. The second-order valence-electron chi connectivity index (χ2n) is 10.7. The van der Waals surface area contributed by atoms with E-state index in [2.05, 4.69) is 34.5 Å². The van der Waals surface area contributed by atoms with Gasteiger partial charge >= 0.3 is 0 Å². The summed E-state index contributed by atoms with van der Waals surface area (Å²) in [7, 11) is -2.92. The van der Waals surface area contributed by atoms with Crippen LogP contribution in [0.25, 0.3) is 5.69 Å². The molecule has 5 heterocycles. The van der Waals surface area contributed by atoms with Crippen molar-refractivity contribution in [3.05, 3.63) is 58.4 Å². The van der Waals surface area contributed by atoms with Crippen molar-refractivity contribution in [1.29, 1.82) is 0 Å². The van der Waals surface area contributed by atoms with Gasteiger partial charge in [0.1, 0.15) is 5.82 Å². The van der Waals surface area contributed by atoms with Crippen molar-refractivity contribution in [3.8, 4) is 5.69 Å². The van der Waals surface area contributed by atoms with Gasteiger partial charge in [0.05, 0.1) is 23.7 Å². The first-order valence-electron chi connectivity index (χ1n) is 12.0. The number of hydrogen-bond donors (Lipinski definition) is 0. The first-order chi connectivity index (χ1) is 16.8. The van der Waals surface area contributed by atoms with Crippen molar-refractivity contribution in [2.45, 2.75) is 44.8 Å². The van der Waals surface area contributed by atoms with Gasteiger partial charge < -0.3 is 4.90 Å². The lowest BCUT2D eigenvalue weighted by atomic mass is 9.57. The summed E-state index contributed by atoms with van der Waals surface area (Å²) in [6.07, 6.45) is 3.96. The number of rotatable bonds is 3. The molecule has 11 heteroatoms. The minimum absolute atomic E-state index is 0.00954. The van der Waals surface area contributed by atoms with Crippen LogP contribution >= 0.6 is 11.6 Å². The van der Waals surface area contributed by atoms with Gasteiger partial charge in [0, 0.05) is 53.9 Å². The van der Waals surface area contributed by atoms with Crippen LogP contribution in [0.5, 0.6) is 0 Å². The van der Waals surface area contributed by atoms with E-state index in [1.165, 1.54) is 0 Å². The molecule has 0 atom stereocenters. The predicted octanol–water partition coefficient (Wildman–Crippen LogP) is 2.52. The molecule has 0 amide bonds. The summed E-state index contributed by atoms with van der Waals surface area (Å²) in [5.41, 5.74) is 3.42. The molecular formula is C24H26ClN7O2S. The second-order valence-corrected chi connectivity index (χ2v) is 13.3. The standard InChI is InChI=1S/C24H26ClN7O2S/c1-15-4-5-26-23(27-15)31-13-24(14-31)7-17(8-24)22-29-28-21-10-30(19-11-35(33,34)12-19)9-16-6-18(25)2-3-20(16)32(21)22/h2-6,17,19H,7-14H2,1H3. The highest BCUT2D eigenvalue weighted by Gasteiger charge is 2.55. The third-order valence-electron chi connectivity index (χ3n) is 8.01. The first-order valence-corrected chi connectivity index (χ1v) is 14.2. The molecule has 2 saturated heterocycles. The van der Waals surface area contributed by atoms with E-state index in [0.717, 1.165) is 60.5 Å². The van der Waals surface area contributed by atoms with Gasteiger partial charge in [-0.15, -0.1) is 10.2 Å². The maximum atomic E-state index is 11.8. The molecule has 2 aromatic heterocycles. The normalized spacial score (nSPS) is 23.1. The largest absolute Gasteiger partial charge is 0.340 e. The van der Waals surface area contributed by atoms with Crippen LogP contribution in [0, 0.1) is 12.3 Å². The van der Waals surface area contributed by atoms with Gasteiger partial charge in [0.25, 0.3) is 0 Å². The van der Waals surface area contributed by atoms with E-state index in [4.69, 9.17) is 11.6 Å². The minimum Gasteiger partial charge on any atom is -0.340 e. The molecule has 1 spiro atoms. The molecule has 7 rings (SSSR count). The highest BCUT2D eigenvalue weighted by molar-refractivity contribution is 7.92. The Hall–Kier alpha value is -2.56. The Labute approximate surface area is 209 Å². The van der Waals surface area contributed by atoms with Gasteiger partial charge in [0.2, 0.25) is 5.95 Å². The summed E-state index contributed by atoms with van der Waals surface area (Å²) in [4.78, 5) is 13.5. The number of nitrogens with zero attached hydrogens (tertiary/aromatic N) is 7. The van der Waals surface area contributed by atoms with Crippen LogP contribution in [-0.2, 0) is 22.9 Å². The lowest BCUT2D eigenvalue weighted by Crippen LogP contribution is -2.62. The smallest absolute Gasteiger partial charge is 0.225 e. The molecule has 1 saturated carbocycles.